The molecule has 1 unspecified atom stereocenters. The molecule has 2 nitrogen and oxygen atoms in total. The maximum absolute atomic E-state index is 13.0. The van der Waals surface area contributed by atoms with Crippen LogP contribution in [0.5, 0.6) is 0 Å². The maximum Gasteiger partial charge on any atom is 0.184 e. The molecule has 0 aliphatic carbocycles. The van der Waals surface area contributed by atoms with Crippen molar-refractivity contribution in [2.24, 2.45) is 0 Å². The molecule has 2 aromatic rings. The predicted molar refractivity (Wildman–Crippen MR) is 85.9 cm³/mol. The second-order valence-electron chi connectivity index (χ2n) is 5.95. The summed E-state index contributed by atoms with van der Waals surface area (Å²) in [5.41, 5.74) is 6.73. The highest BCUT2D eigenvalue weighted by atomic mass is 16.1. The van der Waals surface area contributed by atoms with Crippen LogP contribution in [0.3, 0.4) is 0 Å². The predicted octanol–water partition coefficient (Wildman–Crippen LogP) is 3.68. The van der Waals surface area contributed by atoms with E-state index in [1.165, 1.54) is 16.7 Å². The number of nitrogens with one attached hydrogen (secondary N) is 1. The molecule has 0 fully saturated rings. The molecular weight excluding hydrogens is 258 g/mol. The van der Waals surface area contributed by atoms with Crippen LogP contribution in [-0.2, 0) is 6.42 Å². The van der Waals surface area contributed by atoms with Gasteiger partial charge in [0.15, 0.2) is 5.78 Å². The first-order chi connectivity index (χ1) is 10.1. The number of hydrogen-bond donors (Lipinski definition) is 1. The zero-order chi connectivity index (χ0) is 15.0. The molecule has 1 aliphatic heterocycles. The lowest BCUT2D eigenvalue weighted by Gasteiger charge is -2.26. The molecule has 1 heterocycles. The van der Waals surface area contributed by atoms with E-state index in [0.29, 0.717) is 0 Å². The summed E-state index contributed by atoms with van der Waals surface area (Å²) in [5.74, 6) is 0.183. The Morgan fingerprint density at radius 1 is 1.05 bits per heavy atom. The Hall–Kier alpha value is -1.93. The fourth-order valence-electron chi connectivity index (χ4n) is 3.12. The van der Waals surface area contributed by atoms with Gasteiger partial charge in [-0.3, -0.25) is 4.79 Å². The molecule has 1 N–H and O–H groups in total. The Morgan fingerprint density at radius 2 is 1.76 bits per heavy atom. The number of hydrogen-bond acceptors (Lipinski definition) is 2. The zero-order valence-corrected chi connectivity index (χ0v) is 12.9. The number of carbonyl (C=O) groups excluding carboxylic acids is 1. The standard InChI is InChI=1S/C19H21NO/c1-12-10-14(3)17(11-13(12)2)19(21)18-16-7-5-4-6-15(16)8-9-20-18/h4-7,10-11,18,20H,8-9H2,1-3H3. The molecule has 108 valence electrons. The first-order valence-electron chi connectivity index (χ1n) is 7.51. The number of benzene rings is 2. The first-order valence-corrected chi connectivity index (χ1v) is 7.51. The van der Waals surface area contributed by atoms with Gasteiger partial charge in [-0.25, -0.2) is 0 Å². The fraction of sp³-hybridized carbons (Fsp3) is 0.316. The number of Topliss-reactive ketones (excluding diaryl/α,β-unsaturated/α-hetero) is 1. The van der Waals surface area contributed by atoms with Gasteiger partial charge in [-0.1, -0.05) is 30.3 Å². The summed E-state index contributed by atoms with van der Waals surface area (Å²) in [6.45, 7) is 7.03. The van der Waals surface area contributed by atoms with Gasteiger partial charge in [0.2, 0.25) is 0 Å². The van der Waals surface area contributed by atoms with Crippen molar-refractivity contribution in [2.45, 2.75) is 33.2 Å². The van der Waals surface area contributed by atoms with Gasteiger partial charge in [0.25, 0.3) is 0 Å². The van der Waals surface area contributed by atoms with Crippen LogP contribution in [-0.4, -0.2) is 12.3 Å². The van der Waals surface area contributed by atoms with Gasteiger partial charge >= 0.3 is 0 Å². The summed E-state index contributed by atoms with van der Waals surface area (Å²) in [6, 6.07) is 12.2. The van der Waals surface area contributed by atoms with Crippen molar-refractivity contribution in [2.75, 3.05) is 6.54 Å². The number of fused-ring (bicyclic) bond motifs is 1. The maximum atomic E-state index is 13.0. The van der Waals surface area contributed by atoms with Crippen LogP contribution in [0.1, 0.15) is 44.2 Å². The van der Waals surface area contributed by atoms with Crippen LogP contribution in [0.4, 0.5) is 0 Å². The summed E-state index contributed by atoms with van der Waals surface area (Å²) < 4.78 is 0. The average Bonchev–Trinajstić information content (AvgIpc) is 2.49. The second kappa shape index (κ2) is 5.45. The summed E-state index contributed by atoms with van der Waals surface area (Å²) >= 11 is 0. The molecule has 0 bridgehead atoms. The Balaban J connectivity index is 2.03. The van der Waals surface area contributed by atoms with Crippen molar-refractivity contribution in [1.29, 1.82) is 0 Å². The topological polar surface area (TPSA) is 29.1 Å². The Morgan fingerprint density at radius 3 is 2.57 bits per heavy atom. The quantitative estimate of drug-likeness (QED) is 0.850. The van der Waals surface area contributed by atoms with E-state index < -0.39 is 0 Å². The van der Waals surface area contributed by atoms with E-state index in [-0.39, 0.29) is 11.8 Å². The van der Waals surface area contributed by atoms with Gasteiger partial charge < -0.3 is 5.32 Å². The summed E-state index contributed by atoms with van der Waals surface area (Å²) in [4.78, 5) is 13.0. The summed E-state index contributed by atoms with van der Waals surface area (Å²) in [6.07, 6.45) is 0.992. The summed E-state index contributed by atoms with van der Waals surface area (Å²) in [5, 5.41) is 3.39. The molecule has 0 saturated heterocycles. The molecule has 0 amide bonds. The van der Waals surface area contributed by atoms with Gasteiger partial charge in [-0.15, -0.1) is 0 Å². The molecule has 0 aromatic heterocycles. The smallest absolute Gasteiger partial charge is 0.184 e. The van der Waals surface area contributed by atoms with Crippen molar-refractivity contribution < 1.29 is 4.79 Å². The molecule has 3 rings (SSSR count). The highest BCUT2D eigenvalue weighted by Crippen LogP contribution is 2.27. The SMILES string of the molecule is Cc1cc(C)c(C(=O)C2NCCc3ccccc32)cc1C. The minimum atomic E-state index is -0.212. The van der Waals surface area contributed by atoms with E-state index in [0.717, 1.165) is 29.7 Å². The van der Waals surface area contributed by atoms with E-state index in [1.54, 1.807) is 0 Å². The van der Waals surface area contributed by atoms with Gasteiger partial charge in [-0.05, 0) is 61.1 Å². The molecule has 0 saturated carbocycles. The first kappa shape index (κ1) is 14.0. The fourth-order valence-corrected chi connectivity index (χ4v) is 3.12. The van der Waals surface area contributed by atoms with Gasteiger partial charge in [0.05, 0.1) is 6.04 Å². The molecule has 0 radical (unpaired) electrons. The van der Waals surface area contributed by atoms with E-state index in [9.17, 15) is 4.79 Å². The van der Waals surface area contributed by atoms with Crippen LogP contribution in [0.15, 0.2) is 36.4 Å². The largest absolute Gasteiger partial charge is 0.303 e. The second-order valence-corrected chi connectivity index (χ2v) is 5.95. The van der Waals surface area contributed by atoms with E-state index in [1.807, 2.05) is 25.1 Å². The van der Waals surface area contributed by atoms with Gasteiger partial charge in [-0.2, -0.15) is 0 Å². The third-order valence-corrected chi connectivity index (χ3v) is 4.48. The normalized spacial score (nSPS) is 17.4. The molecular formula is C19H21NO. The lowest BCUT2D eigenvalue weighted by atomic mass is 9.87. The Labute approximate surface area is 126 Å². The summed E-state index contributed by atoms with van der Waals surface area (Å²) in [7, 11) is 0. The lowest BCUT2D eigenvalue weighted by molar-refractivity contribution is 0.0939. The minimum absolute atomic E-state index is 0.183. The Bertz CT molecular complexity index is 703. The van der Waals surface area contributed by atoms with Crippen molar-refractivity contribution in [3.05, 3.63) is 69.8 Å². The number of aryl methyl sites for hydroxylation is 3. The van der Waals surface area contributed by atoms with E-state index >= 15 is 0 Å². The van der Waals surface area contributed by atoms with Crippen molar-refractivity contribution >= 4 is 5.78 Å². The van der Waals surface area contributed by atoms with Crippen molar-refractivity contribution in [3.8, 4) is 0 Å². The van der Waals surface area contributed by atoms with Crippen LogP contribution >= 0.6 is 0 Å². The number of carbonyl (C=O) groups is 1. The van der Waals surface area contributed by atoms with E-state index in [2.05, 4.69) is 37.4 Å². The molecule has 1 atom stereocenters. The van der Waals surface area contributed by atoms with Crippen LogP contribution in [0, 0.1) is 20.8 Å². The minimum Gasteiger partial charge on any atom is -0.303 e. The van der Waals surface area contributed by atoms with Crippen LogP contribution in [0.25, 0.3) is 0 Å². The van der Waals surface area contributed by atoms with Crippen molar-refractivity contribution in [3.63, 3.8) is 0 Å². The van der Waals surface area contributed by atoms with Crippen molar-refractivity contribution in [1.82, 2.24) is 5.32 Å². The number of rotatable bonds is 2. The molecule has 2 aromatic carbocycles. The van der Waals surface area contributed by atoms with Crippen LogP contribution < -0.4 is 5.32 Å². The third kappa shape index (κ3) is 2.52. The monoisotopic (exact) mass is 279 g/mol. The number of ketones is 1. The highest BCUT2D eigenvalue weighted by molar-refractivity contribution is 6.02. The zero-order valence-electron chi connectivity index (χ0n) is 12.9. The molecule has 2 heteroatoms. The Kier molecular flexibility index (Phi) is 3.64. The highest BCUT2D eigenvalue weighted by Gasteiger charge is 2.27. The molecule has 0 spiro atoms. The van der Waals surface area contributed by atoms with Crippen LogP contribution in [0.2, 0.25) is 0 Å². The molecule has 1 aliphatic rings. The van der Waals surface area contributed by atoms with Gasteiger partial charge in [0.1, 0.15) is 0 Å². The average molecular weight is 279 g/mol. The molecule has 21 heavy (non-hydrogen) atoms. The third-order valence-electron chi connectivity index (χ3n) is 4.48. The lowest BCUT2D eigenvalue weighted by Crippen LogP contribution is -2.35. The van der Waals surface area contributed by atoms with Gasteiger partial charge in [0, 0.05) is 12.1 Å². The van der Waals surface area contributed by atoms with E-state index in [4.69, 9.17) is 0 Å².